The van der Waals surface area contributed by atoms with Crippen molar-refractivity contribution in [2.24, 2.45) is 7.05 Å². The van der Waals surface area contributed by atoms with E-state index in [2.05, 4.69) is 4.98 Å². The number of aromatic nitrogens is 3. The number of hydrogen-bond donors (Lipinski definition) is 0. The lowest BCUT2D eigenvalue weighted by Gasteiger charge is -2.37. The van der Waals surface area contributed by atoms with Crippen LogP contribution < -0.4 is 10.5 Å². The predicted octanol–water partition coefficient (Wildman–Crippen LogP) is 1.06. The number of anilines is 1. The summed E-state index contributed by atoms with van der Waals surface area (Å²) in [7, 11) is 1.71. The van der Waals surface area contributed by atoms with Gasteiger partial charge in [0.15, 0.2) is 6.10 Å². The molecule has 4 rings (SSSR count). The molecule has 1 atom stereocenters. The van der Waals surface area contributed by atoms with Crippen molar-refractivity contribution < 1.29 is 9.53 Å². The van der Waals surface area contributed by atoms with Gasteiger partial charge in [0.05, 0.1) is 18.8 Å². The second kappa shape index (κ2) is 8.10. The average Bonchev–Trinajstić information content (AvgIpc) is 2.76. The van der Waals surface area contributed by atoms with E-state index in [1.165, 1.54) is 17.1 Å². The minimum Gasteiger partial charge on any atom is -0.365 e. The molecular formula is C20H25N5O3. The van der Waals surface area contributed by atoms with E-state index >= 15 is 0 Å². The Labute approximate surface area is 163 Å². The van der Waals surface area contributed by atoms with Gasteiger partial charge in [-0.1, -0.05) is 0 Å². The lowest BCUT2D eigenvalue weighted by atomic mass is 10.1. The summed E-state index contributed by atoms with van der Waals surface area (Å²) in [6.45, 7) is 3.01. The number of carbonyl (C=O) groups excluding carboxylic acids is 1. The van der Waals surface area contributed by atoms with Crippen LogP contribution in [0.2, 0.25) is 0 Å². The molecule has 0 aromatic carbocycles. The fourth-order valence-electron chi connectivity index (χ4n) is 3.78. The van der Waals surface area contributed by atoms with Gasteiger partial charge >= 0.3 is 0 Å². The Bertz CT molecular complexity index is 892. The van der Waals surface area contributed by atoms with Crippen LogP contribution in [0, 0.1) is 0 Å². The number of rotatable bonds is 3. The van der Waals surface area contributed by atoms with Gasteiger partial charge in [0, 0.05) is 50.7 Å². The van der Waals surface area contributed by atoms with Crippen LogP contribution in [-0.2, 0) is 16.6 Å². The van der Waals surface area contributed by atoms with E-state index in [4.69, 9.17) is 9.72 Å². The van der Waals surface area contributed by atoms with E-state index in [0.717, 1.165) is 31.5 Å². The van der Waals surface area contributed by atoms with Crippen molar-refractivity contribution in [2.45, 2.75) is 25.4 Å². The molecule has 148 valence electrons. The summed E-state index contributed by atoms with van der Waals surface area (Å²) in [5.41, 5.74) is 1.30. The topological polar surface area (TPSA) is 80.6 Å². The van der Waals surface area contributed by atoms with Gasteiger partial charge in [-0.3, -0.25) is 19.1 Å². The van der Waals surface area contributed by atoms with Crippen LogP contribution in [0.4, 0.5) is 5.95 Å². The summed E-state index contributed by atoms with van der Waals surface area (Å²) in [5.74, 6) is 0.596. The molecular weight excluding hydrogens is 358 g/mol. The number of morpholine rings is 1. The highest BCUT2D eigenvalue weighted by Gasteiger charge is 2.32. The Morgan fingerprint density at radius 2 is 1.89 bits per heavy atom. The Balaban J connectivity index is 1.58. The van der Waals surface area contributed by atoms with Crippen molar-refractivity contribution in [2.75, 3.05) is 37.7 Å². The summed E-state index contributed by atoms with van der Waals surface area (Å²) in [6.07, 6.45) is 6.11. The summed E-state index contributed by atoms with van der Waals surface area (Å²) < 4.78 is 7.30. The average molecular weight is 383 g/mol. The molecule has 8 heteroatoms. The van der Waals surface area contributed by atoms with Gasteiger partial charge in [-0.05, 0) is 31.4 Å². The normalized spacial score (nSPS) is 20.2. The molecule has 0 N–H and O–H groups in total. The van der Waals surface area contributed by atoms with Crippen molar-refractivity contribution >= 4 is 11.9 Å². The van der Waals surface area contributed by atoms with E-state index < -0.39 is 6.10 Å². The second-order valence-corrected chi connectivity index (χ2v) is 7.27. The first-order chi connectivity index (χ1) is 13.6. The van der Waals surface area contributed by atoms with Crippen molar-refractivity contribution in [3.63, 3.8) is 0 Å². The maximum atomic E-state index is 12.8. The first-order valence-corrected chi connectivity index (χ1v) is 9.77. The quantitative estimate of drug-likeness (QED) is 0.789. The molecule has 2 aromatic rings. The lowest BCUT2D eigenvalue weighted by Crippen LogP contribution is -2.53. The largest absolute Gasteiger partial charge is 0.365 e. The van der Waals surface area contributed by atoms with Gasteiger partial charge in [0.25, 0.3) is 11.5 Å². The predicted molar refractivity (Wildman–Crippen MR) is 105 cm³/mol. The molecule has 1 amide bonds. The monoisotopic (exact) mass is 383 g/mol. The molecule has 0 spiro atoms. The van der Waals surface area contributed by atoms with E-state index in [0.29, 0.717) is 31.3 Å². The highest BCUT2D eigenvalue weighted by molar-refractivity contribution is 5.82. The van der Waals surface area contributed by atoms with Crippen LogP contribution in [0.15, 0.2) is 35.4 Å². The zero-order valence-electron chi connectivity index (χ0n) is 16.1. The third-order valence-electron chi connectivity index (χ3n) is 5.38. The molecule has 1 unspecified atom stereocenters. The Kier molecular flexibility index (Phi) is 5.38. The fraction of sp³-hybridized carbons (Fsp3) is 0.500. The van der Waals surface area contributed by atoms with Crippen molar-refractivity contribution in [1.82, 2.24) is 19.4 Å². The molecule has 0 bridgehead atoms. The molecule has 2 aliphatic rings. The zero-order valence-corrected chi connectivity index (χ0v) is 16.1. The number of piperidine rings is 1. The van der Waals surface area contributed by atoms with Crippen molar-refractivity contribution in [3.05, 3.63) is 40.9 Å². The maximum Gasteiger partial charge on any atom is 0.255 e. The van der Waals surface area contributed by atoms with Crippen LogP contribution in [0.3, 0.4) is 0 Å². The van der Waals surface area contributed by atoms with Gasteiger partial charge in [-0.2, -0.15) is 0 Å². The van der Waals surface area contributed by atoms with E-state index in [1.54, 1.807) is 19.4 Å². The number of hydrogen-bond acceptors (Lipinski definition) is 6. The summed E-state index contributed by atoms with van der Waals surface area (Å²) in [6, 6.07) is 5.18. The fourth-order valence-corrected chi connectivity index (χ4v) is 3.78. The molecule has 4 heterocycles. The molecule has 2 saturated heterocycles. The zero-order chi connectivity index (χ0) is 19.5. The van der Waals surface area contributed by atoms with Gasteiger partial charge in [-0.15, -0.1) is 0 Å². The standard InChI is InChI=1S/C20H25N5O3/c1-23-18(26)13-16(15-5-7-21-8-6-15)22-20(23)25-11-12-28-17(14-25)19(27)24-9-3-2-4-10-24/h5-8,13,17H,2-4,9-12,14H2,1H3. The van der Waals surface area contributed by atoms with E-state index in [-0.39, 0.29) is 11.5 Å². The number of ether oxygens (including phenoxy) is 1. The number of amides is 1. The van der Waals surface area contributed by atoms with Crippen LogP contribution in [0.5, 0.6) is 0 Å². The minimum absolute atomic E-state index is 0.0414. The number of nitrogens with zero attached hydrogens (tertiary/aromatic N) is 5. The summed E-state index contributed by atoms with van der Waals surface area (Å²) in [4.78, 5) is 38.0. The third kappa shape index (κ3) is 3.77. The highest BCUT2D eigenvalue weighted by atomic mass is 16.5. The van der Waals surface area contributed by atoms with Gasteiger partial charge in [-0.25, -0.2) is 4.98 Å². The number of pyridine rings is 1. The molecule has 2 aromatic heterocycles. The highest BCUT2D eigenvalue weighted by Crippen LogP contribution is 2.21. The number of carbonyl (C=O) groups is 1. The van der Waals surface area contributed by atoms with Gasteiger partial charge in [0.2, 0.25) is 5.95 Å². The molecule has 0 saturated carbocycles. The van der Waals surface area contributed by atoms with Crippen LogP contribution in [0.25, 0.3) is 11.3 Å². The maximum absolute atomic E-state index is 12.8. The molecule has 28 heavy (non-hydrogen) atoms. The molecule has 2 aliphatic heterocycles. The number of likely N-dealkylation sites (tertiary alicyclic amines) is 1. The van der Waals surface area contributed by atoms with E-state index in [9.17, 15) is 9.59 Å². The third-order valence-corrected chi connectivity index (χ3v) is 5.38. The molecule has 0 aliphatic carbocycles. The van der Waals surface area contributed by atoms with Crippen LogP contribution in [0.1, 0.15) is 19.3 Å². The summed E-state index contributed by atoms with van der Waals surface area (Å²) >= 11 is 0. The van der Waals surface area contributed by atoms with Crippen LogP contribution >= 0.6 is 0 Å². The lowest BCUT2D eigenvalue weighted by molar-refractivity contribution is -0.145. The Morgan fingerprint density at radius 1 is 1.14 bits per heavy atom. The van der Waals surface area contributed by atoms with Crippen LogP contribution in [-0.4, -0.2) is 64.2 Å². The minimum atomic E-state index is -0.520. The van der Waals surface area contributed by atoms with Gasteiger partial charge in [0.1, 0.15) is 0 Å². The first kappa shape index (κ1) is 18.6. The first-order valence-electron chi connectivity index (χ1n) is 9.77. The van der Waals surface area contributed by atoms with Crippen molar-refractivity contribution in [1.29, 1.82) is 0 Å². The molecule has 0 radical (unpaired) electrons. The smallest absolute Gasteiger partial charge is 0.255 e. The van der Waals surface area contributed by atoms with Gasteiger partial charge < -0.3 is 14.5 Å². The van der Waals surface area contributed by atoms with Crippen molar-refractivity contribution in [3.8, 4) is 11.3 Å². The molecule has 8 nitrogen and oxygen atoms in total. The van der Waals surface area contributed by atoms with E-state index in [1.807, 2.05) is 21.9 Å². The SMILES string of the molecule is Cn1c(N2CCOC(C(=O)N3CCCCC3)C2)nc(-c2ccncc2)cc1=O. The Hall–Kier alpha value is -2.74. The molecule has 2 fully saturated rings. The second-order valence-electron chi connectivity index (χ2n) is 7.27. The Morgan fingerprint density at radius 3 is 2.64 bits per heavy atom. The summed E-state index contributed by atoms with van der Waals surface area (Å²) in [5, 5.41) is 0.